The second-order valence-corrected chi connectivity index (χ2v) is 8.34. The number of anilines is 2. The van der Waals surface area contributed by atoms with E-state index in [0.717, 1.165) is 32.0 Å². The molecule has 9 heteroatoms. The van der Waals surface area contributed by atoms with E-state index < -0.39 is 11.6 Å². The average molecular weight is 450 g/mol. The predicted octanol–water partition coefficient (Wildman–Crippen LogP) is 4.59. The lowest BCUT2D eigenvalue weighted by Crippen LogP contribution is -2.34. The first-order valence-corrected chi connectivity index (χ1v) is 10.9. The van der Waals surface area contributed by atoms with Crippen LogP contribution in [0.1, 0.15) is 19.8 Å². The molecule has 1 fully saturated rings. The zero-order valence-electron chi connectivity index (χ0n) is 18.4. The van der Waals surface area contributed by atoms with E-state index in [9.17, 15) is 8.78 Å². The van der Waals surface area contributed by atoms with Gasteiger partial charge in [-0.1, -0.05) is 13.0 Å². The van der Waals surface area contributed by atoms with E-state index in [1.54, 1.807) is 19.2 Å². The van der Waals surface area contributed by atoms with Crippen LogP contribution < -0.4 is 15.4 Å². The van der Waals surface area contributed by atoms with E-state index in [1.807, 2.05) is 12.1 Å². The van der Waals surface area contributed by atoms with Crippen LogP contribution in [0.15, 0.2) is 42.5 Å². The van der Waals surface area contributed by atoms with Crippen LogP contribution in [0.3, 0.4) is 0 Å². The zero-order chi connectivity index (χ0) is 23.1. The lowest BCUT2D eigenvalue weighted by atomic mass is 9.99. The number of benzene rings is 2. The van der Waals surface area contributed by atoms with Crippen molar-refractivity contribution in [3.63, 3.8) is 0 Å². The molecule has 2 N–H and O–H groups in total. The Bertz CT molecular complexity index is 1310. The van der Waals surface area contributed by atoms with Crippen LogP contribution in [0.25, 0.3) is 28.0 Å². The van der Waals surface area contributed by atoms with Crippen molar-refractivity contribution in [3.8, 4) is 22.7 Å². The SMILES string of the molecule is COc1ccc(-n2nc3nc(N4CCC(C)CC4)nc(-c4cccc(F)c4F)c3c2N)cc1. The summed E-state index contributed by atoms with van der Waals surface area (Å²) in [6, 6.07) is 11.2. The quantitative estimate of drug-likeness (QED) is 0.490. The van der Waals surface area contributed by atoms with Gasteiger partial charge in [0, 0.05) is 18.7 Å². The van der Waals surface area contributed by atoms with Gasteiger partial charge < -0.3 is 15.4 Å². The molecular formula is C24H24F2N6O. The van der Waals surface area contributed by atoms with Gasteiger partial charge in [0.1, 0.15) is 11.6 Å². The third-order valence-electron chi connectivity index (χ3n) is 6.15. The van der Waals surface area contributed by atoms with Gasteiger partial charge in [0.05, 0.1) is 23.9 Å². The fourth-order valence-corrected chi connectivity index (χ4v) is 4.15. The molecule has 0 unspecified atom stereocenters. The van der Waals surface area contributed by atoms with Gasteiger partial charge in [0.25, 0.3) is 0 Å². The van der Waals surface area contributed by atoms with Gasteiger partial charge in [0.2, 0.25) is 5.95 Å². The van der Waals surface area contributed by atoms with Crippen LogP contribution in [0, 0.1) is 17.6 Å². The van der Waals surface area contributed by atoms with E-state index in [0.29, 0.717) is 34.3 Å². The van der Waals surface area contributed by atoms with Gasteiger partial charge in [-0.15, -0.1) is 5.10 Å². The Morgan fingerprint density at radius 1 is 1.03 bits per heavy atom. The number of hydrogen-bond donors (Lipinski definition) is 1. The van der Waals surface area contributed by atoms with Crippen LogP contribution in [0.4, 0.5) is 20.5 Å². The minimum absolute atomic E-state index is 0.0232. The van der Waals surface area contributed by atoms with Crippen LogP contribution in [0.2, 0.25) is 0 Å². The maximum atomic E-state index is 14.9. The van der Waals surface area contributed by atoms with Crippen molar-refractivity contribution in [2.75, 3.05) is 30.8 Å². The summed E-state index contributed by atoms with van der Waals surface area (Å²) in [5, 5.41) is 4.98. The minimum Gasteiger partial charge on any atom is -0.497 e. The first-order valence-electron chi connectivity index (χ1n) is 10.9. The molecule has 2 aromatic heterocycles. The Morgan fingerprint density at radius 3 is 2.45 bits per heavy atom. The lowest BCUT2D eigenvalue weighted by Gasteiger charge is -2.30. The second kappa shape index (κ2) is 8.31. The highest BCUT2D eigenvalue weighted by Gasteiger charge is 2.25. The highest BCUT2D eigenvalue weighted by molar-refractivity contribution is 5.99. The molecule has 4 aromatic rings. The Kier molecular flexibility index (Phi) is 5.32. The zero-order valence-corrected chi connectivity index (χ0v) is 18.4. The fraction of sp³-hybridized carbons (Fsp3) is 0.292. The second-order valence-electron chi connectivity index (χ2n) is 8.34. The third-order valence-corrected chi connectivity index (χ3v) is 6.15. The molecular weight excluding hydrogens is 426 g/mol. The monoisotopic (exact) mass is 450 g/mol. The Hall–Kier alpha value is -3.75. The van der Waals surface area contributed by atoms with Crippen molar-refractivity contribution in [1.29, 1.82) is 0 Å². The molecule has 1 aliphatic heterocycles. The summed E-state index contributed by atoms with van der Waals surface area (Å²) in [4.78, 5) is 11.4. The summed E-state index contributed by atoms with van der Waals surface area (Å²) in [5.41, 5.74) is 7.73. The summed E-state index contributed by atoms with van der Waals surface area (Å²) >= 11 is 0. The van der Waals surface area contributed by atoms with E-state index >= 15 is 0 Å². The molecule has 1 saturated heterocycles. The van der Waals surface area contributed by atoms with Gasteiger partial charge in [-0.3, -0.25) is 0 Å². The number of piperidine rings is 1. The molecule has 7 nitrogen and oxygen atoms in total. The molecule has 0 radical (unpaired) electrons. The molecule has 170 valence electrons. The Labute approximate surface area is 189 Å². The predicted molar refractivity (Wildman–Crippen MR) is 124 cm³/mol. The molecule has 3 heterocycles. The summed E-state index contributed by atoms with van der Waals surface area (Å²) in [6.07, 6.45) is 2.01. The van der Waals surface area contributed by atoms with Gasteiger partial charge in [0.15, 0.2) is 17.3 Å². The van der Waals surface area contributed by atoms with Crippen molar-refractivity contribution >= 4 is 22.8 Å². The van der Waals surface area contributed by atoms with E-state index in [-0.39, 0.29) is 17.1 Å². The number of rotatable bonds is 4. The van der Waals surface area contributed by atoms with Crippen molar-refractivity contribution in [3.05, 3.63) is 54.1 Å². The average Bonchev–Trinajstić information content (AvgIpc) is 3.17. The van der Waals surface area contributed by atoms with E-state index in [1.165, 1.54) is 16.8 Å². The Morgan fingerprint density at radius 2 is 1.76 bits per heavy atom. The summed E-state index contributed by atoms with van der Waals surface area (Å²) in [7, 11) is 1.59. The van der Waals surface area contributed by atoms with Gasteiger partial charge in [-0.05, 0) is 55.2 Å². The van der Waals surface area contributed by atoms with Crippen molar-refractivity contribution < 1.29 is 13.5 Å². The number of halogens is 2. The number of methoxy groups -OCH3 is 1. The number of nitrogens with zero attached hydrogens (tertiary/aromatic N) is 5. The number of ether oxygens (including phenoxy) is 1. The molecule has 0 saturated carbocycles. The fourth-order valence-electron chi connectivity index (χ4n) is 4.15. The highest BCUT2D eigenvalue weighted by Crippen LogP contribution is 2.36. The molecule has 0 bridgehead atoms. The Balaban J connectivity index is 1.72. The molecule has 1 aliphatic rings. The number of nitrogens with two attached hydrogens (primary N) is 1. The summed E-state index contributed by atoms with van der Waals surface area (Å²) in [5.74, 6) is 0.0640. The molecule has 0 atom stereocenters. The smallest absolute Gasteiger partial charge is 0.228 e. The van der Waals surface area contributed by atoms with Crippen molar-refractivity contribution in [2.45, 2.75) is 19.8 Å². The van der Waals surface area contributed by atoms with Crippen LogP contribution in [-0.4, -0.2) is 39.9 Å². The van der Waals surface area contributed by atoms with Crippen LogP contribution in [-0.2, 0) is 0 Å². The normalized spacial score (nSPS) is 14.7. The first-order chi connectivity index (χ1) is 16.0. The van der Waals surface area contributed by atoms with E-state index in [2.05, 4.69) is 26.9 Å². The number of fused-ring (bicyclic) bond motifs is 1. The molecule has 0 aliphatic carbocycles. The minimum atomic E-state index is -0.979. The molecule has 2 aromatic carbocycles. The molecule has 33 heavy (non-hydrogen) atoms. The lowest BCUT2D eigenvalue weighted by molar-refractivity contribution is 0.414. The largest absolute Gasteiger partial charge is 0.497 e. The molecule has 0 spiro atoms. The van der Waals surface area contributed by atoms with Crippen molar-refractivity contribution in [1.82, 2.24) is 19.7 Å². The maximum absolute atomic E-state index is 14.9. The van der Waals surface area contributed by atoms with Gasteiger partial charge in [-0.25, -0.2) is 18.4 Å². The topological polar surface area (TPSA) is 82.1 Å². The molecule has 5 rings (SSSR count). The van der Waals surface area contributed by atoms with Gasteiger partial charge >= 0.3 is 0 Å². The van der Waals surface area contributed by atoms with E-state index in [4.69, 9.17) is 10.5 Å². The highest BCUT2D eigenvalue weighted by atomic mass is 19.2. The summed E-state index contributed by atoms with van der Waals surface area (Å²) in [6.45, 7) is 3.78. The van der Waals surface area contributed by atoms with Gasteiger partial charge in [-0.2, -0.15) is 4.98 Å². The summed E-state index contributed by atoms with van der Waals surface area (Å²) < 4.78 is 35.7. The maximum Gasteiger partial charge on any atom is 0.228 e. The molecule has 0 amide bonds. The third kappa shape index (κ3) is 3.73. The standard InChI is InChI=1S/C24H24F2N6O/c1-14-10-12-31(13-11-14)24-28-21(17-4-3-5-18(25)20(17)26)19-22(27)32(30-23(19)29-24)15-6-8-16(33-2)9-7-15/h3-9,14H,10-13,27H2,1-2H3. The number of aromatic nitrogens is 4. The van der Waals surface area contributed by atoms with Crippen LogP contribution in [0.5, 0.6) is 5.75 Å². The number of nitrogen functional groups attached to an aromatic ring is 1. The number of hydrogen-bond acceptors (Lipinski definition) is 6. The van der Waals surface area contributed by atoms with Crippen LogP contribution >= 0.6 is 0 Å². The first kappa shape index (κ1) is 21.1. The van der Waals surface area contributed by atoms with Crippen molar-refractivity contribution in [2.24, 2.45) is 5.92 Å².